The van der Waals surface area contributed by atoms with Crippen LogP contribution in [0.15, 0.2) is 22.8 Å². The van der Waals surface area contributed by atoms with Gasteiger partial charge in [0.25, 0.3) is 0 Å². The highest BCUT2D eigenvalue weighted by Crippen LogP contribution is 2.24. The number of hydrogen-bond donors (Lipinski definition) is 1. The number of benzene rings is 1. The zero-order valence-electron chi connectivity index (χ0n) is 8.06. The predicted octanol–water partition coefficient (Wildman–Crippen LogP) is 3.03. The summed E-state index contributed by atoms with van der Waals surface area (Å²) in [5, 5.41) is 17.4. The van der Waals surface area contributed by atoms with Gasteiger partial charge in [0.15, 0.2) is 4.60 Å². The molecule has 8 heteroatoms. The van der Waals surface area contributed by atoms with Crippen LogP contribution in [0, 0.1) is 0 Å². The van der Waals surface area contributed by atoms with Crippen LogP contribution in [0.3, 0.4) is 0 Å². The van der Waals surface area contributed by atoms with E-state index in [1.807, 2.05) is 0 Å². The van der Waals surface area contributed by atoms with Gasteiger partial charge in [0, 0.05) is 5.02 Å². The summed E-state index contributed by atoms with van der Waals surface area (Å²) in [6, 6.07) is 4.74. The lowest BCUT2D eigenvalue weighted by molar-refractivity contribution is 0.0689. The highest BCUT2D eigenvalue weighted by Gasteiger charge is 2.17. The topological polar surface area (TPSA) is 68.0 Å². The monoisotopic (exact) mass is 335 g/mol. The van der Waals surface area contributed by atoms with Crippen LogP contribution in [0.4, 0.5) is 0 Å². The molecular weight excluding hydrogens is 333 g/mol. The first kappa shape index (κ1) is 12.3. The molecule has 1 N–H and O–H groups in total. The number of aromatic nitrogens is 3. The van der Waals surface area contributed by atoms with Crippen molar-refractivity contribution < 1.29 is 9.90 Å². The fourth-order valence-corrected chi connectivity index (χ4v) is 1.93. The van der Waals surface area contributed by atoms with Crippen molar-refractivity contribution in [2.45, 2.75) is 0 Å². The largest absolute Gasteiger partial charge is 0.476 e. The van der Waals surface area contributed by atoms with E-state index >= 15 is 0 Å². The Morgan fingerprint density at radius 3 is 2.65 bits per heavy atom. The predicted molar refractivity (Wildman–Crippen MR) is 66.0 cm³/mol. The lowest BCUT2D eigenvalue weighted by Gasteiger charge is -2.02. The second-order valence-electron chi connectivity index (χ2n) is 3.03. The summed E-state index contributed by atoms with van der Waals surface area (Å²) in [6.07, 6.45) is 0. The molecule has 0 atom stereocenters. The normalized spacial score (nSPS) is 10.5. The molecule has 0 amide bonds. The molecule has 0 radical (unpaired) electrons. The maximum absolute atomic E-state index is 10.8. The molecule has 88 valence electrons. The Hall–Kier alpha value is -1.11. The summed E-state index contributed by atoms with van der Waals surface area (Å²) in [5.74, 6) is -1.18. The Labute approximate surface area is 114 Å². The average molecular weight is 337 g/mol. The molecule has 1 heterocycles. The molecule has 17 heavy (non-hydrogen) atoms. The Kier molecular flexibility index (Phi) is 3.37. The van der Waals surface area contributed by atoms with E-state index in [9.17, 15) is 4.79 Å². The number of aromatic carboxylic acids is 1. The lowest BCUT2D eigenvalue weighted by atomic mass is 10.3. The quantitative estimate of drug-likeness (QED) is 0.915. The maximum Gasteiger partial charge on any atom is 0.359 e. The van der Waals surface area contributed by atoms with Crippen LogP contribution in [-0.4, -0.2) is 26.1 Å². The number of rotatable bonds is 2. The van der Waals surface area contributed by atoms with Gasteiger partial charge in [-0.2, -0.15) is 0 Å². The Morgan fingerprint density at radius 1 is 1.35 bits per heavy atom. The number of carbonyl (C=O) groups is 1. The van der Waals surface area contributed by atoms with Gasteiger partial charge in [-0.3, -0.25) is 0 Å². The van der Waals surface area contributed by atoms with Crippen molar-refractivity contribution >= 4 is 45.1 Å². The van der Waals surface area contributed by atoms with Gasteiger partial charge in [-0.15, -0.1) is 15.0 Å². The Bertz CT molecular complexity index is 600. The highest BCUT2D eigenvalue weighted by molar-refractivity contribution is 9.10. The van der Waals surface area contributed by atoms with E-state index < -0.39 is 5.97 Å². The van der Waals surface area contributed by atoms with Crippen LogP contribution in [0.2, 0.25) is 10.0 Å². The van der Waals surface area contributed by atoms with Crippen LogP contribution in [0.5, 0.6) is 0 Å². The highest BCUT2D eigenvalue weighted by atomic mass is 79.9. The molecule has 0 fully saturated rings. The minimum Gasteiger partial charge on any atom is -0.476 e. The number of hydrogen-bond acceptors (Lipinski definition) is 3. The molecular formula is C9H4BrCl2N3O2. The molecule has 0 saturated heterocycles. The molecule has 0 saturated carbocycles. The van der Waals surface area contributed by atoms with E-state index in [0.29, 0.717) is 15.7 Å². The van der Waals surface area contributed by atoms with Gasteiger partial charge in [0.2, 0.25) is 5.69 Å². The number of carboxylic acid groups (broad SMARTS) is 1. The van der Waals surface area contributed by atoms with Gasteiger partial charge in [0.05, 0.1) is 5.02 Å². The van der Waals surface area contributed by atoms with E-state index in [0.717, 1.165) is 4.80 Å². The number of halogens is 3. The van der Waals surface area contributed by atoms with E-state index in [1.54, 1.807) is 18.2 Å². The summed E-state index contributed by atoms with van der Waals surface area (Å²) < 4.78 is 0.126. The van der Waals surface area contributed by atoms with Crippen LogP contribution < -0.4 is 0 Å². The molecule has 0 aliphatic rings. The first-order valence-corrected chi connectivity index (χ1v) is 5.85. The van der Waals surface area contributed by atoms with Crippen LogP contribution in [0.1, 0.15) is 10.5 Å². The maximum atomic E-state index is 10.8. The first-order chi connectivity index (χ1) is 7.99. The second kappa shape index (κ2) is 4.64. The molecule has 2 aromatic rings. The average Bonchev–Trinajstić information content (AvgIpc) is 2.64. The molecule has 0 bridgehead atoms. The third-order valence-electron chi connectivity index (χ3n) is 1.90. The molecule has 2 rings (SSSR count). The summed E-state index contributed by atoms with van der Waals surface area (Å²) in [7, 11) is 0. The van der Waals surface area contributed by atoms with Gasteiger partial charge in [-0.1, -0.05) is 23.2 Å². The van der Waals surface area contributed by atoms with Crippen LogP contribution in [0.25, 0.3) is 5.69 Å². The SMILES string of the molecule is O=C(O)c1nn(-c2cc(Cl)ccc2Cl)nc1Br. The minimum atomic E-state index is -1.18. The van der Waals surface area contributed by atoms with Crippen molar-refractivity contribution in [1.29, 1.82) is 0 Å². The van der Waals surface area contributed by atoms with Crippen molar-refractivity contribution in [3.63, 3.8) is 0 Å². The Balaban J connectivity index is 2.57. The summed E-state index contributed by atoms with van der Waals surface area (Å²) in [4.78, 5) is 11.9. The summed E-state index contributed by atoms with van der Waals surface area (Å²) >= 11 is 14.8. The van der Waals surface area contributed by atoms with Gasteiger partial charge < -0.3 is 5.11 Å². The van der Waals surface area contributed by atoms with E-state index in [-0.39, 0.29) is 10.3 Å². The van der Waals surface area contributed by atoms with Crippen molar-refractivity contribution in [2.75, 3.05) is 0 Å². The summed E-state index contributed by atoms with van der Waals surface area (Å²) in [5.41, 5.74) is 0.216. The smallest absolute Gasteiger partial charge is 0.359 e. The fourth-order valence-electron chi connectivity index (χ4n) is 1.17. The Morgan fingerprint density at radius 2 is 2.06 bits per heavy atom. The molecule has 1 aromatic carbocycles. The summed E-state index contributed by atoms with van der Waals surface area (Å²) in [6.45, 7) is 0. The molecule has 1 aromatic heterocycles. The zero-order valence-corrected chi connectivity index (χ0v) is 11.2. The fraction of sp³-hybridized carbons (Fsp3) is 0. The molecule has 0 aliphatic heterocycles. The van der Waals surface area contributed by atoms with Crippen molar-refractivity contribution in [3.8, 4) is 5.69 Å². The number of nitrogens with zero attached hydrogens (tertiary/aromatic N) is 3. The lowest BCUT2D eigenvalue weighted by Crippen LogP contribution is -2.02. The van der Waals surface area contributed by atoms with Crippen molar-refractivity contribution in [2.24, 2.45) is 0 Å². The zero-order chi connectivity index (χ0) is 12.6. The van der Waals surface area contributed by atoms with E-state index in [1.165, 1.54) is 0 Å². The van der Waals surface area contributed by atoms with Gasteiger partial charge >= 0.3 is 5.97 Å². The third kappa shape index (κ3) is 2.43. The molecule has 0 spiro atoms. The molecule has 0 aliphatic carbocycles. The first-order valence-electron chi connectivity index (χ1n) is 4.30. The standard InChI is InChI=1S/C9H4BrCl2N3O2/c10-8-7(9(16)17)13-15(14-8)6-3-4(11)1-2-5(6)12/h1-3H,(H,16,17). The van der Waals surface area contributed by atoms with Crippen molar-refractivity contribution in [3.05, 3.63) is 38.5 Å². The van der Waals surface area contributed by atoms with E-state index in [4.69, 9.17) is 28.3 Å². The molecule has 0 unspecified atom stereocenters. The van der Waals surface area contributed by atoms with E-state index in [2.05, 4.69) is 26.1 Å². The second-order valence-corrected chi connectivity index (χ2v) is 4.62. The van der Waals surface area contributed by atoms with Crippen LogP contribution >= 0.6 is 39.1 Å². The van der Waals surface area contributed by atoms with Crippen LogP contribution in [-0.2, 0) is 0 Å². The number of carboxylic acids is 1. The molecule has 5 nitrogen and oxygen atoms in total. The third-order valence-corrected chi connectivity index (χ3v) is 2.99. The van der Waals surface area contributed by atoms with Gasteiger partial charge in [-0.05, 0) is 34.1 Å². The minimum absolute atomic E-state index is 0.126. The van der Waals surface area contributed by atoms with Gasteiger partial charge in [0.1, 0.15) is 5.69 Å². The van der Waals surface area contributed by atoms with Crippen molar-refractivity contribution in [1.82, 2.24) is 15.0 Å². The van der Waals surface area contributed by atoms with Gasteiger partial charge in [-0.25, -0.2) is 4.79 Å².